The van der Waals surface area contributed by atoms with E-state index in [1.54, 1.807) is 6.20 Å². The SMILES string of the molecule is NC(CSc1ccc(Br)cn1)c1ccc(F)cc1F. The Hall–Kier alpha value is -0.980. The van der Waals surface area contributed by atoms with Crippen molar-refractivity contribution in [2.75, 3.05) is 5.75 Å². The van der Waals surface area contributed by atoms with Crippen LogP contribution < -0.4 is 5.73 Å². The highest BCUT2D eigenvalue weighted by molar-refractivity contribution is 9.10. The molecule has 1 aromatic heterocycles. The van der Waals surface area contributed by atoms with Crippen molar-refractivity contribution in [3.63, 3.8) is 0 Å². The largest absolute Gasteiger partial charge is 0.323 e. The quantitative estimate of drug-likeness (QED) is 0.854. The molecule has 0 amide bonds. The lowest BCUT2D eigenvalue weighted by Gasteiger charge is -2.12. The van der Waals surface area contributed by atoms with Crippen LogP contribution in [0.5, 0.6) is 0 Å². The predicted molar refractivity (Wildman–Crippen MR) is 75.9 cm³/mol. The monoisotopic (exact) mass is 344 g/mol. The van der Waals surface area contributed by atoms with E-state index in [-0.39, 0.29) is 0 Å². The van der Waals surface area contributed by atoms with Crippen molar-refractivity contribution in [2.45, 2.75) is 11.1 Å². The Labute approximate surface area is 122 Å². The number of nitrogens with zero attached hydrogens (tertiary/aromatic N) is 1. The lowest BCUT2D eigenvalue weighted by molar-refractivity contribution is 0.563. The summed E-state index contributed by atoms with van der Waals surface area (Å²) in [6.45, 7) is 0. The highest BCUT2D eigenvalue weighted by Crippen LogP contribution is 2.24. The van der Waals surface area contributed by atoms with Crippen molar-refractivity contribution in [1.29, 1.82) is 0 Å². The summed E-state index contributed by atoms with van der Waals surface area (Å²) in [5.41, 5.74) is 6.21. The smallest absolute Gasteiger partial charge is 0.130 e. The molecule has 1 heterocycles. The maximum Gasteiger partial charge on any atom is 0.130 e. The van der Waals surface area contributed by atoms with Crippen molar-refractivity contribution < 1.29 is 8.78 Å². The second-order valence-electron chi connectivity index (χ2n) is 3.90. The van der Waals surface area contributed by atoms with Crippen molar-refractivity contribution in [3.8, 4) is 0 Å². The van der Waals surface area contributed by atoms with E-state index in [4.69, 9.17) is 5.73 Å². The molecule has 0 fully saturated rings. The van der Waals surface area contributed by atoms with Gasteiger partial charge in [-0.05, 0) is 34.1 Å². The summed E-state index contributed by atoms with van der Waals surface area (Å²) in [7, 11) is 0. The Morgan fingerprint density at radius 1 is 1.26 bits per heavy atom. The first-order valence-electron chi connectivity index (χ1n) is 5.51. The Morgan fingerprint density at radius 3 is 2.68 bits per heavy atom. The second kappa shape index (κ2) is 6.45. The van der Waals surface area contributed by atoms with Gasteiger partial charge in [0.25, 0.3) is 0 Å². The average Bonchev–Trinajstić information content (AvgIpc) is 2.37. The van der Waals surface area contributed by atoms with Gasteiger partial charge in [0, 0.05) is 34.1 Å². The fraction of sp³-hybridized carbons (Fsp3) is 0.154. The van der Waals surface area contributed by atoms with Gasteiger partial charge < -0.3 is 5.73 Å². The van der Waals surface area contributed by atoms with E-state index >= 15 is 0 Å². The van der Waals surface area contributed by atoms with E-state index in [0.29, 0.717) is 11.3 Å². The number of aromatic nitrogens is 1. The zero-order valence-corrected chi connectivity index (χ0v) is 12.2. The molecule has 0 saturated carbocycles. The minimum atomic E-state index is -0.614. The van der Waals surface area contributed by atoms with Crippen LogP contribution in [-0.4, -0.2) is 10.7 Å². The highest BCUT2D eigenvalue weighted by Gasteiger charge is 2.12. The first-order valence-corrected chi connectivity index (χ1v) is 7.29. The third-order valence-corrected chi connectivity index (χ3v) is 4.01. The first-order chi connectivity index (χ1) is 9.06. The summed E-state index contributed by atoms with van der Waals surface area (Å²) >= 11 is 4.72. The molecule has 2 rings (SSSR count). The lowest BCUT2D eigenvalue weighted by Crippen LogP contribution is -2.15. The highest BCUT2D eigenvalue weighted by atomic mass is 79.9. The van der Waals surface area contributed by atoms with Gasteiger partial charge in [-0.25, -0.2) is 13.8 Å². The third kappa shape index (κ3) is 3.99. The number of hydrogen-bond donors (Lipinski definition) is 1. The molecule has 2 aromatic rings. The normalized spacial score (nSPS) is 12.4. The molecule has 1 unspecified atom stereocenters. The summed E-state index contributed by atoms with van der Waals surface area (Å²) in [5, 5.41) is 0.807. The number of rotatable bonds is 4. The Bertz CT molecular complexity index is 563. The zero-order chi connectivity index (χ0) is 13.8. The molecule has 0 saturated heterocycles. The summed E-state index contributed by atoms with van der Waals surface area (Å²) in [6.07, 6.45) is 1.69. The summed E-state index contributed by atoms with van der Waals surface area (Å²) in [5.74, 6) is -0.746. The van der Waals surface area contributed by atoms with E-state index in [0.717, 1.165) is 15.6 Å². The van der Waals surface area contributed by atoms with Crippen LogP contribution >= 0.6 is 27.7 Å². The maximum absolute atomic E-state index is 13.5. The molecule has 6 heteroatoms. The van der Waals surface area contributed by atoms with Gasteiger partial charge in [-0.2, -0.15) is 0 Å². The Kier molecular flexibility index (Phi) is 4.90. The molecule has 0 aliphatic heterocycles. The number of benzene rings is 1. The molecule has 0 aliphatic carbocycles. The molecule has 100 valence electrons. The Balaban J connectivity index is 2.01. The predicted octanol–water partition coefficient (Wildman–Crippen LogP) is 3.91. The maximum atomic E-state index is 13.5. The first kappa shape index (κ1) is 14.4. The molecule has 0 spiro atoms. The Morgan fingerprint density at radius 2 is 2.05 bits per heavy atom. The second-order valence-corrected chi connectivity index (χ2v) is 5.85. The summed E-state index contributed by atoms with van der Waals surface area (Å²) in [4.78, 5) is 4.19. The molecular weight excluding hydrogens is 334 g/mol. The van der Waals surface area contributed by atoms with Crippen molar-refractivity contribution in [1.82, 2.24) is 4.98 Å². The topological polar surface area (TPSA) is 38.9 Å². The fourth-order valence-corrected chi connectivity index (χ4v) is 2.57. The van der Waals surface area contributed by atoms with E-state index in [1.807, 2.05) is 12.1 Å². The van der Waals surface area contributed by atoms with Gasteiger partial charge in [-0.1, -0.05) is 6.07 Å². The number of thioether (sulfide) groups is 1. The lowest BCUT2D eigenvalue weighted by atomic mass is 10.1. The minimum Gasteiger partial charge on any atom is -0.323 e. The molecule has 2 nitrogen and oxygen atoms in total. The molecular formula is C13H11BrF2N2S. The molecule has 0 bridgehead atoms. The third-order valence-electron chi connectivity index (χ3n) is 2.47. The van der Waals surface area contributed by atoms with Crippen LogP contribution in [0.4, 0.5) is 8.78 Å². The number of pyridine rings is 1. The van der Waals surface area contributed by atoms with E-state index in [9.17, 15) is 8.78 Å². The van der Waals surface area contributed by atoms with Crippen LogP contribution in [0.1, 0.15) is 11.6 Å². The molecule has 1 aromatic carbocycles. The number of nitrogens with two attached hydrogens (primary N) is 1. The van der Waals surface area contributed by atoms with Crippen molar-refractivity contribution in [2.24, 2.45) is 5.73 Å². The average molecular weight is 345 g/mol. The molecule has 2 N–H and O–H groups in total. The van der Waals surface area contributed by atoms with Crippen LogP contribution in [0.15, 0.2) is 46.0 Å². The molecule has 19 heavy (non-hydrogen) atoms. The fourth-order valence-electron chi connectivity index (χ4n) is 1.51. The summed E-state index contributed by atoms with van der Waals surface area (Å²) < 4.78 is 27.2. The van der Waals surface area contributed by atoms with E-state index in [2.05, 4.69) is 20.9 Å². The molecule has 0 aliphatic rings. The molecule has 1 atom stereocenters. The van der Waals surface area contributed by atoms with Crippen LogP contribution in [0.25, 0.3) is 0 Å². The van der Waals surface area contributed by atoms with Crippen LogP contribution in [0.3, 0.4) is 0 Å². The van der Waals surface area contributed by atoms with Crippen LogP contribution in [0, 0.1) is 11.6 Å². The van der Waals surface area contributed by atoms with Gasteiger partial charge in [-0.15, -0.1) is 11.8 Å². The van der Waals surface area contributed by atoms with Gasteiger partial charge in [0.15, 0.2) is 0 Å². The van der Waals surface area contributed by atoms with Gasteiger partial charge in [0.1, 0.15) is 11.6 Å². The van der Waals surface area contributed by atoms with Gasteiger partial charge in [0.05, 0.1) is 5.03 Å². The molecule has 0 radical (unpaired) electrons. The van der Waals surface area contributed by atoms with Crippen LogP contribution in [0.2, 0.25) is 0 Å². The van der Waals surface area contributed by atoms with E-state index in [1.165, 1.54) is 23.9 Å². The van der Waals surface area contributed by atoms with Crippen LogP contribution in [-0.2, 0) is 0 Å². The van der Waals surface area contributed by atoms with Crippen molar-refractivity contribution in [3.05, 3.63) is 58.2 Å². The van der Waals surface area contributed by atoms with Gasteiger partial charge >= 0.3 is 0 Å². The minimum absolute atomic E-state index is 0.311. The van der Waals surface area contributed by atoms with Crippen molar-refractivity contribution >= 4 is 27.7 Å². The number of hydrogen-bond acceptors (Lipinski definition) is 3. The standard InChI is InChI=1S/C13H11BrF2N2S/c14-8-1-4-13(18-6-8)19-7-12(17)10-3-2-9(15)5-11(10)16/h1-6,12H,7,17H2. The van der Waals surface area contributed by atoms with Gasteiger partial charge in [-0.3, -0.25) is 0 Å². The van der Waals surface area contributed by atoms with Gasteiger partial charge in [0.2, 0.25) is 0 Å². The zero-order valence-electron chi connectivity index (χ0n) is 9.82. The number of halogens is 3. The van der Waals surface area contributed by atoms with E-state index < -0.39 is 17.7 Å². The summed E-state index contributed by atoms with van der Waals surface area (Å²) in [6, 6.07) is 6.65.